The van der Waals surface area contributed by atoms with Gasteiger partial charge in [-0.3, -0.25) is 14.6 Å². The van der Waals surface area contributed by atoms with E-state index in [4.69, 9.17) is 4.74 Å². The Bertz CT molecular complexity index is 920. The molecule has 0 fully saturated rings. The van der Waals surface area contributed by atoms with Crippen LogP contribution in [0.1, 0.15) is 34.8 Å². The Morgan fingerprint density at radius 3 is 2.18 bits per heavy atom. The maximum Gasteiger partial charge on any atom is 0.262 e. The van der Waals surface area contributed by atoms with Crippen LogP contribution in [0.3, 0.4) is 0 Å². The molecule has 0 aliphatic heterocycles. The van der Waals surface area contributed by atoms with E-state index in [-0.39, 0.29) is 18.3 Å². The van der Waals surface area contributed by atoms with Crippen LogP contribution in [0.2, 0.25) is 0 Å². The van der Waals surface area contributed by atoms with Crippen molar-refractivity contribution in [2.45, 2.75) is 19.8 Å². The second kappa shape index (κ2) is 9.46. The molecule has 5 heteroatoms. The highest BCUT2D eigenvalue weighted by atomic mass is 16.5. The summed E-state index contributed by atoms with van der Waals surface area (Å²) < 4.78 is 5.48. The van der Waals surface area contributed by atoms with Gasteiger partial charge in [-0.2, -0.15) is 0 Å². The number of nitrogens with zero attached hydrogens (tertiary/aromatic N) is 1. The van der Waals surface area contributed by atoms with Crippen molar-refractivity contribution in [2.75, 3.05) is 11.9 Å². The number of anilines is 1. The predicted molar refractivity (Wildman–Crippen MR) is 109 cm³/mol. The molecule has 0 saturated heterocycles. The van der Waals surface area contributed by atoms with Crippen molar-refractivity contribution in [3.05, 3.63) is 89.7 Å². The van der Waals surface area contributed by atoms with Crippen LogP contribution in [0, 0.1) is 0 Å². The number of amides is 1. The van der Waals surface area contributed by atoms with Gasteiger partial charge >= 0.3 is 0 Å². The summed E-state index contributed by atoms with van der Waals surface area (Å²) in [4.78, 5) is 27.7. The second-order valence-corrected chi connectivity index (χ2v) is 6.37. The lowest BCUT2D eigenvalue weighted by Gasteiger charge is -2.09. The van der Waals surface area contributed by atoms with Gasteiger partial charge in [0, 0.05) is 30.1 Å². The molecule has 3 aromatic rings. The van der Waals surface area contributed by atoms with Crippen LogP contribution >= 0.6 is 0 Å². The lowest BCUT2D eigenvalue weighted by atomic mass is 10.1. The van der Waals surface area contributed by atoms with Crippen LogP contribution in [0.15, 0.2) is 73.1 Å². The van der Waals surface area contributed by atoms with Crippen LogP contribution in [0.25, 0.3) is 0 Å². The Morgan fingerprint density at radius 1 is 0.893 bits per heavy atom. The van der Waals surface area contributed by atoms with Gasteiger partial charge in [-0.05, 0) is 66.1 Å². The molecule has 2 aromatic carbocycles. The van der Waals surface area contributed by atoms with Crippen molar-refractivity contribution < 1.29 is 14.3 Å². The van der Waals surface area contributed by atoms with Crippen LogP contribution in [0.4, 0.5) is 5.69 Å². The number of pyridine rings is 1. The molecule has 1 heterocycles. The lowest BCUT2D eigenvalue weighted by molar-refractivity contribution is -0.118. The summed E-state index contributed by atoms with van der Waals surface area (Å²) >= 11 is 0. The molecular formula is C23H22N2O3. The summed E-state index contributed by atoms with van der Waals surface area (Å²) in [6.45, 7) is 1.72. The van der Waals surface area contributed by atoms with Gasteiger partial charge in [-0.1, -0.05) is 19.1 Å². The zero-order valence-corrected chi connectivity index (χ0v) is 15.7. The summed E-state index contributed by atoms with van der Waals surface area (Å²) in [6, 6.07) is 18.5. The molecular weight excluding hydrogens is 352 g/mol. The van der Waals surface area contributed by atoms with E-state index in [9.17, 15) is 9.59 Å². The molecule has 0 aliphatic rings. The molecule has 0 spiro atoms. The third-order valence-corrected chi connectivity index (χ3v) is 4.26. The fourth-order valence-electron chi connectivity index (χ4n) is 2.73. The van der Waals surface area contributed by atoms with E-state index in [0.717, 1.165) is 17.7 Å². The second-order valence-electron chi connectivity index (χ2n) is 6.37. The number of Topliss-reactive ketones (excluding diaryl/α,β-unsaturated/α-hetero) is 1. The lowest BCUT2D eigenvalue weighted by Crippen LogP contribution is -2.20. The Morgan fingerprint density at radius 2 is 1.54 bits per heavy atom. The number of aromatic nitrogens is 1. The molecule has 0 saturated carbocycles. The van der Waals surface area contributed by atoms with Gasteiger partial charge in [0.25, 0.3) is 5.91 Å². The average molecular weight is 374 g/mol. The Labute approximate surface area is 164 Å². The monoisotopic (exact) mass is 374 g/mol. The predicted octanol–water partition coefficient (Wildman–Crippen LogP) is 4.28. The maximum atomic E-state index is 12.1. The molecule has 0 aliphatic carbocycles. The molecule has 0 atom stereocenters. The van der Waals surface area contributed by atoms with Gasteiger partial charge in [0.1, 0.15) is 5.75 Å². The summed E-state index contributed by atoms with van der Waals surface area (Å²) in [5, 5.41) is 2.81. The van der Waals surface area contributed by atoms with Crippen molar-refractivity contribution in [1.82, 2.24) is 4.98 Å². The SMILES string of the molecule is CCC(=O)c1ccc(OCC(=O)Nc2ccc(Cc3ccncc3)cc2)cc1. The molecule has 0 radical (unpaired) electrons. The van der Waals surface area contributed by atoms with E-state index < -0.39 is 0 Å². The molecule has 3 rings (SSSR count). The van der Waals surface area contributed by atoms with Crippen molar-refractivity contribution in [2.24, 2.45) is 0 Å². The fourth-order valence-corrected chi connectivity index (χ4v) is 2.73. The van der Waals surface area contributed by atoms with Gasteiger partial charge < -0.3 is 10.1 Å². The number of hydrogen-bond acceptors (Lipinski definition) is 4. The first-order valence-corrected chi connectivity index (χ1v) is 9.18. The van der Waals surface area contributed by atoms with E-state index in [2.05, 4.69) is 10.3 Å². The average Bonchev–Trinajstić information content (AvgIpc) is 2.74. The first-order valence-electron chi connectivity index (χ1n) is 9.18. The topological polar surface area (TPSA) is 68.3 Å². The minimum Gasteiger partial charge on any atom is -0.484 e. The molecule has 1 amide bonds. The Balaban J connectivity index is 1.48. The van der Waals surface area contributed by atoms with E-state index in [1.807, 2.05) is 43.3 Å². The Hall–Kier alpha value is -3.47. The highest BCUT2D eigenvalue weighted by molar-refractivity contribution is 5.96. The number of rotatable bonds is 8. The summed E-state index contributed by atoms with van der Waals surface area (Å²) in [5.74, 6) is 0.391. The molecule has 0 unspecified atom stereocenters. The van der Waals surface area contributed by atoms with Crippen molar-refractivity contribution in [3.63, 3.8) is 0 Å². The van der Waals surface area contributed by atoms with Gasteiger partial charge in [0.2, 0.25) is 0 Å². The molecule has 1 aromatic heterocycles. The smallest absolute Gasteiger partial charge is 0.262 e. The van der Waals surface area contributed by atoms with Crippen LogP contribution in [-0.4, -0.2) is 23.3 Å². The van der Waals surface area contributed by atoms with Crippen molar-refractivity contribution in [1.29, 1.82) is 0 Å². The third-order valence-electron chi connectivity index (χ3n) is 4.26. The fraction of sp³-hybridized carbons (Fsp3) is 0.174. The highest BCUT2D eigenvalue weighted by Crippen LogP contribution is 2.15. The largest absolute Gasteiger partial charge is 0.484 e. The van der Waals surface area contributed by atoms with Gasteiger partial charge in [0.15, 0.2) is 12.4 Å². The van der Waals surface area contributed by atoms with Crippen molar-refractivity contribution in [3.8, 4) is 5.75 Å². The zero-order chi connectivity index (χ0) is 19.8. The maximum absolute atomic E-state index is 12.1. The Kier molecular flexibility index (Phi) is 6.52. The summed E-state index contributed by atoms with van der Waals surface area (Å²) in [5.41, 5.74) is 3.70. The van der Waals surface area contributed by atoms with E-state index in [1.54, 1.807) is 36.7 Å². The normalized spacial score (nSPS) is 10.3. The minimum absolute atomic E-state index is 0.0803. The number of carbonyl (C=O) groups excluding carboxylic acids is 2. The first-order chi connectivity index (χ1) is 13.6. The minimum atomic E-state index is -0.240. The highest BCUT2D eigenvalue weighted by Gasteiger charge is 2.06. The van der Waals surface area contributed by atoms with Crippen LogP contribution in [0.5, 0.6) is 5.75 Å². The van der Waals surface area contributed by atoms with E-state index in [1.165, 1.54) is 5.56 Å². The number of benzene rings is 2. The first kappa shape index (κ1) is 19.3. The van der Waals surface area contributed by atoms with Crippen LogP contribution in [-0.2, 0) is 11.2 Å². The third kappa shape index (κ3) is 5.51. The molecule has 5 nitrogen and oxygen atoms in total. The zero-order valence-electron chi connectivity index (χ0n) is 15.7. The molecule has 28 heavy (non-hydrogen) atoms. The number of nitrogens with one attached hydrogen (secondary N) is 1. The molecule has 0 bridgehead atoms. The van der Waals surface area contributed by atoms with E-state index >= 15 is 0 Å². The standard InChI is InChI=1S/C23H22N2O3/c1-2-22(26)19-5-9-21(10-6-19)28-16-23(27)25-20-7-3-17(4-8-20)15-18-11-13-24-14-12-18/h3-14H,2,15-16H2,1H3,(H,25,27). The van der Waals surface area contributed by atoms with Gasteiger partial charge in [-0.25, -0.2) is 0 Å². The number of hydrogen-bond donors (Lipinski definition) is 1. The van der Waals surface area contributed by atoms with E-state index in [0.29, 0.717) is 17.7 Å². The number of carbonyl (C=O) groups is 2. The summed E-state index contributed by atoms with van der Waals surface area (Å²) in [6.07, 6.45) is 4.83. The van der Waals surface area contributed by atoms with Gasteiger partial charge in [0.05, 0.1) is 0 Å². The van der Waals surface area contributed by atoms with Gasteiger partial charge in [-0.15, -0.1) is 0 Å². The number of ether oxygens (including phenoxy) is 1. The quantitative estimate of drug-likeness (QED) is 0.598. The molecule has 1 N–H and O–H groups in total. The van der Waals surface area contributed by atoms with Crippen molar-refractivity contribution >= 4 is 17.4 Å². The molecule has 142 valence electrons. The van der Waals surface area contributed by atoms with Crippen LogP contribution < -0.4 is 10.1 Å². The summed E-state index contributed by atoms with van der Waals surface area (Å²) in [7, 11) is 0. The number of ketones is 1.